The van der Waals surface area contributed by atoms with E-state index in [1.807, 2.05) is 0 Å². The molecule has 0 bridgehead atoms. The maximum absolute atomic E-state index is 13.6. The first-order valence-corrected chi connectivity index (χ1v) is 9.27. The molecule has 0 aliphatic carbocycles. The number of anilines is 1. The SMILES string of the molecule is CC(C)[C@@H](NC(=O)c1cccs1)C(=O)O[C@@H](C)C(=O)Nc1ccccc1F. The number of nitrogens with one attached hydrogen (secondary N) is 2. The van der Waals surface area contributed by atoms with Crippen LogP contribution in [0.3, 0.4) is 0 Å². The van der Waals surface area contributed by atoms with Crippen LogP contribution in [-0.4, -0.2) is 29.9 Å². The minimum absolute atomic E-state index is 0.00296. The summed E-state index contributed by atoms with van der Waals surface area (Å²) < 4.78 is 18.8. The van der Waals surface area contributed by atoms with Crippen LogP contribution in [0.4, 0.5) is 10.1 Å². The van der Waals surface area contributed by atoms with Crippen LogP contribution in [-0.2, 0) is 14.3 Å². The lowest BCUT2D eigenvalue weighted by Gasteiger charge is -2.22. The fourth-order valence-corrected chi connectivity index (χ4v) is 2.84. The number of rotatable bonds is 7. The molecule has 0 saturated carbocycles. The molecule has 0 spiro atoms. The second kappa shape index (κ2) is 9.27. The molecule has 0 unspecified atom stereocenters. The van der Waals surface area contributed by atoms with Crippen LogP contribution in [0, 0.1) is 11.7 Å². The number of para-hydroxylation sites is 1. The molecule has 8 heteroatoms. The average Bonchev–Trinajstić information content (AvgIpc) is 3.15. The minimum Gasteiger partial charge on any atom is -0.451 e. The standard InChI is InChI=1S/C19H21FN2O4S/c1-11(2)16(22-18(24)15-9-6-10-27-15)19(25)26-12(3)17(23)21-14-8-5-4-7-13(14)20/h4-12,16H,1-3H3,(H,21,23)(H,22,24)/t12-,16+/m0/s1. The summed E-state index contributed by atoms with van der Waals surface area (Å²) in [5.41, 5.74) is -0.00296. The molecule has 2 amide bonds. The van der Waals surface area contributed by atoms with Crippen LogP contribution in [0.15, 0.2) is 41.8 Å². The predicted molar refractivity (Wildman–Crippen MR) is 101 cm³/mol. The lowest BCUT2D eigenvalue weighted by Crippen LogP contribution is -2.47. The van der Waals surface area contributed by atoms with E-state index in [2.05, 4.69) is 10.6 Å². The van der Waals surface area contributed by atoms with Gasteiger partial charge in [0.1, 0.15) is 11.9 Å². The summed E-state index contributed by atoms with van der Waals surface area (Å²) >= 11 is 1.25. The lowest BCUT2D eigenvalue weighted by atomic mass is 10.0. The number of esters is 1. The average molecular weight is 392 g/mol. The molecule has 1 aromatic heterocycles. The zero-order valence-electron chi connectivity index (χ0n) is 15.2. The van der Waals surface area contributed by atoms with Gasteiger partial charge in [0.25, 0.3) is 11.8 Å². The van der Waals surface area contributed by atoms with Gasteiger partial charge in [-0.15, -0.1) is 11.3 Å². The molecule has 2 rings (SSSR count). The third kappa shape index (κ3) is 5.62. The molecule has 1 aromatic carbocycles. The number of thiophene rings is 1. The Morgan fingerprint density at radius 2 is 1.78 bits per heavy atom. The number of ether oxygens (including phenoxy) is 1. The Hall–Kier alpha value is -2.74. The number of carbonyl (C=O) groups excluding carboxylic acids is 3. The van der Waals surface area contributed by atoms with Crippen molar-refractivity contribution in [3.63, 3.8) is 0 Å². The molecule has 2 N–H and O–H groups in total. The maximum Gasteiger partial charge on any atom is 0.329 e. The largest absolute Gasteiger partial charge is 0.451 e. The molecule has 27 heavy (non-hydrogen) atoms. The third-order valence-electron chi connectivity index (χ3n) is 3.75. The lowest BCUT2D eigenvalue weighted by molar-refractivity contribution is -0.156. The number of halogens is 1. The van der Waals surface area contributed by atoms with Gasteiger partial charge in [-0.3, -0.25) is 9.59 Å². The van der Waals surface area contributed by atoms with Crippen LogP contribution < -0.4 is 10.6 Å². The summed E-state index contributed by atoms with van der Waals surface area (Å²) in [6, 6.07) is 8.15. The smallest absolute Gasteiger partial charge is 0.329 e. The Bertz CT molecular complexity index is 808. The van der Waals surface area contributed by atoms with E-state index >= 15 is 0 Å². The highest BCUT2D eigenvalue weighted by Crippen LogP contribution is 2.14. The molecular weight excluding hydrogens is 371 g/mol. The monoisotopic (exact) mass is 392 g/mol. The molecule has 0 aliphatic heterocycles. The van der Waals surface area contributed by atoms with Crippen LogP contribution in [0.5, 0.6) is 0 Å². The zero-order valence-corrected chi connectivity index (χ0v) is 16.0. The van der Waals surface area contributed by atoms with E-state index in [1.165, 1.54) is 36.5 Å². The predicted octanol–water partition coefficient (Wildman–Crippen LogP) is 3.21. The van der Waals surface area contributed by atoms with Crippen molar-refractivity contribution in [3.05, 3.63) is 52.5 Å². The van der Waals surface area contributed by atoms with Crippen LogP contribution >= 0.6 is 11.3 Å². The first-order valence-electron chi connectivity index (χ1n) is 8.40. The highest BCUT2D eigenvalue weighted by atomic mass is 32.1. The molecule has 1 heterocycles. The Labute approximate surface area is 160 Å². The van der Waals surface area contributed by atoms with Gasteiger partial charge in [0.15, 0.2) is 6.10 Å². The van der Waals surface area contributed by atoms with Crippen LogP contribution in [0.1, 0.15) is 30.4 Å². The second-order valence-corrected chi connectivity index (χ2v) is 7.17. The van der Waals surface area contributed by atoms with Crippen molar-refractivity contribution in [2.75, 3.05) is 5.32 Å². The maximum atomic E-state index is 13.6. The van der Waals surface area contributed by atoms with Gasteiger partial charge in [-0.25, -0.2) is 9.18 Å². The quantitative estimate of drug-likeness (QED) is 0.709. The fourth-order valence-electron chi connectivity index (χ4n) is 2.22. The molecule has 0 saturated heterocycles. The fraction of sp³-hybridized carbons (Fsp3) is 0.316. The zero-order chi connectivity index (χ0) is 20.0. The summed E-state index contributed by atoms with van der Waals surface area (Å²) in [4.78, 5) is 37.3. The van der Waals surface area contributed by atoms with E-state index in [0.29, 0.717) is 4.88 Å². The van der Waals surface area contributed by atoms with Crippen molar-refractivity contribution in [2.24, 2.45) is 5.92 Å². The van der Waals surface area contributed by atoms with Crippen molar-refractivity contribution < 1.29 is 23.5 Å². The van der Waals surface area contributed by atoms with E-state index in [4.69, 9.17) is 4.74 Å². The highest BCUT2D eigenvalue weighted by Gasteiger charge is 2.29. The van der Waals surface area contributed by atoms with Crippen molar-refractivity contribution in [1.82, 2.24) is 5.32 Å². The number of hydrogen-bond donors (Lipinski definition) is 2. The van der Waals surface area contributed by atoms with Crippen molar-refractivity contribution in [2.45, 2.75) is 32.9 Å². The van der Waals surface area contributed by atoms with Gasteiger partial charge in [0.2, 0.25) is 0 Å². The topological polar surface area (TPSA) is 84.5 Å². The Balaban J connectivity index is 1.98. The second-order valence-electron chi connectivity index (χ2n) is 6.22. The first-order chi connectivity index (χ1) is 12.8. The van der Waals surface area contributed by atoms with Crippen molar-refractivity contribution >= 4 is 34.8 Å². The summed E-state index contributed by atoms with van der Waals surface area (Å²) in [5.74, 6) is -2.62. The highest BCUT2D eigenvalue weighted by molar-refractivity contribution is 7.12. The number of amides is 2. The molecule has 0 fully saturated rings. The van der Waals surface area contributed by atoms with Gasteiger partial charge in [0.05, 0.1) is 10.6 Å². The Kier molecular flexibility index (Phi) is 7.06. The summed E-state index contributed by atoms with van der Waals surface area (Å²) in [7, 11) is 0. The third-order valence-corrected chi connectivity index (χ3v) is 4.61. The van der Waals surface area contributed by atoms with Crippen molar-refractivity contribution in [3.8, 4) is 0 Å². The Morgan fingerprint density at radius 1 is 1.07 bits per heavy atom. The molecule has 6 nitrogen and oxygen atoms in total. The normalized spacial score (nSPS) is 12.9. The number of hydrogen-bond acceptors (Lipinski definition) is 5. The summed E-state index contributed by atoms with van der Waals surface area (Å²) in [5, 5.41) is 6.75. The first kappa shape index (κ1) is 20.6. The van der Waals surface area contributed by atoms with Gasteiger partial charge in [-0.2, -0.15) is 0 Å². The van der Waals surface area contributed by atoms with E-state index < -0.39 is 29.8 Å². The molecule has 0 aliphatic rings. The minimum atomic E-state index is -1.16. The van der Waals surface area contributed by atoms with Gasteiger partial charge < -0.3 is 15.4 Å². The van der Waals surface area contributed by atoms with Gasteiger partial charge in [-0.1, -0.05) is 32.0 Å². The van der Waals surface area contributed by atoms with Crippen LogP contribution in [0.25, 0.3) is 0 Å². The molecule has 0 radical (unpaired) electrons. The number of benzene rings is 1. The van der Waals surface area contributed by atoms with Gasteiger partial charge in [-0.05, 0) is 36.4 Å². The molecule has 2 atom stereocenters. The van der Waals surface area contributed by atoms with Gasteiger partial charge in [0, 0.05) is 0 Å². The molecule has 144 valence electrons. The van der Waals surface area contributed by atoms with Crippen molar-refractivity contribution in [1.29, 1.82) is 0 Å². The molecular formula is C19H21FN2O4S. The molecule has 2 aromatic rings. The number of carbonyl (C=O) groups is 3. The van der Waals surface area contributed by atoms with E-state index in [9.17, 15) is 18.8 Å². The summed E-state index contributed by atoms with van der Waals surface area (Å²) in [6.07, 6.45) is -1.16. The van der Waals surface area contributed by atoms with Gasteiger partial charge >= 0.3 is 5.97 Å². The van der Waals surface area contributed by atoms with E-state index in [1.54, 1.807) is 37.4 Å². The van der Waals surface area contributed by atoms with E-state index in [-0.39, 0.29) is 17.5 Å². The van der Waals surface area contributed by atoms with Crippen LogP contribution in [0.2, 0.25) is 0 Å². The summed E-state index contributed by atoms with van der Waals surface area (Å²) in [6.45, 7) is 4.89. The Morgan fingerprint density at radius 3 is 2.37 bits per heavy atom. The van der Waals surface area contributed by atoms with E-state index in [0.717, 1.165) is 0 Å².